The molecule has 262 valence electrons. The molecule has 0 amide bonds. The van der Waals surface area contributed by atoms with Crippen LogP contribution in [0.2, 0.25) is 0 Å². The van der Waals surface area contributed by atoms with Gasteiger partial charge in [-0.15, -0.1) is 0 Å². The van der Waals surface area contributed by atoms with Crippen molar-refractivity contribution in [1.29, 1.82) is 0 Å². The minimum absolute atomic E-state index is 0.0166. The molecule has 2 unspecified atom stereocenters. The number of carboxylic acid groups (broad SMARTS) is 1. The van der Waals surface area contributed by atoms with E-state index >= 15 is 0 Å². The number of allylic oxidation sites excluding steroid dienone is 3. The van der Waals surface area contributed by atoms with Crippen molar-refractivity contribution in [2.45, 2.75) is 188 Å². The molecule has 46 heavy (non-hydrogen) atoms. The first-order chi connectivity index (χ1) is 22.2. The Balaban J connectivity index is 1.12. The fourth-order valence-corrected chi connectivity index (χ4v) is 10.8. The highest BCUT2D eigenvalue weighted by molar-refractivity contribution is 5.69. The van der Waals surface area contributed by atoms with Crippen LogP contribution >= 0.6 is 0 Å². The molecule has 0 aromatic rings. The van der Waals surface area contributed by atoms with Crippen LogP contribution < -0.4 is 0 Å². The van der Waals surface area contributed by atoms with Gasteiger partial charge in [-0.05, 0) is 124 Å². The molecule has 1 N–H and O–H groups in total. The number of hydrogen-bond acceptors (Lipinski definition) is 3. The molecule has 0 aromatic carbocycles. The summed E-state index contributed by atoms with van der Waals surface area (Å²) in [5.41, 5.74) is 2.19. The average molecular weight is 639 g/mol. The van der Waals surface area contributed by atoms with Crippen molar-refractivity contribution >= 4 is 11.9 Å². The molecule has 0 heterocycles. The van der Waals surface area contributed by atoms with E-state index in [4.69, 9.17) is 4.74 Å². The summed E-state index contributed by atoms with van der Waals surface area (Å²) in [7, 11) is 0. The molecule has 4 aliphatic carbocycles. The molecule has 0 bridgehead atoms. The maximum Gasteiger partial charge on any atom is 0.306 e. The summed E-state index contributed by atoms with van der Waals surface area (Å²) in [6.07, 6.45) is 35.0. The number of hydrogen-bond donors (Lipinski definition) is 1. The second kappa shape index (κ2) is 18.3. The molecule has 4 aliphatic rings. The monoisotopic (exact) mass is 639 g/mol. The van der Waals surface area contributed by atoms with Gasteiger partial charge in [-0.1, -0.05) is 103 Å². The van der Waals surface area contributed by atoms with Crippen molar-refractivity contribution in [2.75, 3.05) is 0 Å². The summed E-state index contributed by atoms with van der Waals surface area (Å²) in [4.78, 5) is 24.0. The SMILES string of the molecule is CCCCCCCC/C=C\CCCCCCCC(=O)O[C@H]1CC[C@@]2(C)C(=CC[C@@H]3C2CC[C@@]2(C)C3CC[C@@H]2[C@H](C)CCC(=O)O)C1. The van der Waals surface area contributed by atoms with Gasteiger partial charge in [0.05, 0.1) is 0 Å². The first kappa shape index (κ1) is 37.2. The lowest BCUT2D eigenvalue weighted by atomic mass is 9.47. The Kier molecular flexibility index (Phi) is 14.8. The van der Waals surface area contributed by atoms with Crippen LogP contribution in [0, 0.1) is 40.4 Å². The zero-order valence-electron chi connectivity index (χ0n) is 30.3. The molecule has 3 saturated carbocycles. The zero-order chi connectivity index (χ0) is 33.0. The van der Waals surface area contributed by atoms with Crippen LogP contribution in [-0.4, -0.2) is 23.1 Å². The van der Waals surface area contributed by atoms with Crippen molar-refractivity contribution in [3.8, 4) is 0 Å². The van der Waals surface area contributed by atoms with Crippen molar-refractivity contribution in [3.05, 3.63) is 23.8 Å². The summed E-state index contributed by atoms with van der Waals surface area (Å²) in [6.45, 7) is 9.67. The molecular weight excluding hydrogens is 568 g/mol. The highest BCUT2D eigenvalue weighted by Gasteiger charge is 2.59. The molecule has 4 rings (SSSR count). The van der Waals surface area contributed by atoms with Crippen LogP contribution in [0.1, 0.15) is 182 Å². The van der Waals surface area contributed by atoms with E-state index in [0.29, 0.717) is 30.1 Å². The van der Waals surface area contributed by atoms with Crippen LogP contribution in [-0.2, 0) is 14.3 Å². The van der Waals surface area contributed by atoms with E-state index in [1.165, 1.54) is 103 Å². The van der Waals surface area contributed by atoms with Gasteiger partial charge in [0, 0.05) is 19.3 Å². The lowest BCUT2D eigenvalue weighted by Crippen LogP contribution is -2.51. The largest absolute Gasteiger partial charge is 0.481 e. The van der Waals surface area contributed by atoms with E-state index < -0.39 is 5.97 Å². The van der Waals surface area contributed by atoms with Gasteiger partial charge in [0.1, 0.15) is 6.10 Å². The van der Waals surface area contributed by atoms with Gasteiger partial charge >= 0.3 is 11.9 Å². The molecule has 0 aromatic heterocycles. The van der Waals surface area contributed by atoms with E-state index in [2.05, 4.69) is 45.9 Å². The Morgan fingerprint density at radius 2 is 1.54 bits per heavy atom. The molecule has 0 aliphatic heterocycles. The highest BCUT2D eigenvalue weighted by atomic mass is 16.5. The van der Waals surface area contributed by atoms with Crippen molar-refractivity contribution in [2.24, 2.45) is 40.4 Å². The quantitative estimate of drug-likeness (QED) is 0.0818. The Bertz CT molecular complexity index is 1010. The number of carboxylic acids is 1. The molecule has 0 spiro atoms. The average Bonchev–Trinajstić information content (AvgIpc) is 3.39. The third-order valence-corrected chi connectivity index (χ3v) is 13.6. The first-order valence-electron chi connectivity index (χ1n) is 19.9. The van der Waals surface area contributed by atoms with Crippen molar-refractivity contribution < 1.29 is 19.4 Å². The third kappa shape index (κ3) is 9.74. The number of carbonyl (C=O) groups is 2. The lowest BCUT2D eigenvalue weighted by molar-refractivity contribution is -0.151. The van der Waals surface area contributed by atoms with Gasteiger partial charge < -0.3 is 9.84 Å². The topological polar surface area (TPSA) is 63.6 Å². The van der Waals surface area contributed by atoms with Crippen LogP contribution in [0.4, 0.5) is 0 Å². The summed E-state index contributed by atoms with van der Waals surface area (Å²) in [6, 6.07) is 0. The van der Waals surface area contributed by atoms with Crippen molar-refractivity contribution in [1.82, 2.24) is 0 Å². The summed E-state index contributed by atoms with van der Waals surface area (Å²) in [5, 5.41) is 9.25. The second-order valence-electron chi connectivity index (χ2n) is 16.6. The molecular formula is C42H70O4. The molecule has 4 nitrogen and oxygen atoms in total. The number of fused-ring (bicyclic) bond motifs is 5. The van der Waals surface area contributed by atoms with Gasteiger partial charge in [0.25, 0.3) is 0 Å². The van der Waals surface area contributed by atoms with E-state index in [1.54, 1.807) is 5.57 Å². The number of carbonyl (C=O) groups excluding carboxylic acids is 1. The normalized spacial score (nSPS) is 32.8. The van der Waals surface area contributed by atoms with E-state index in [-0.39, 0.29) is 17.5 Å². The summed E-state index contributed by atoms with van der Waals surface area (Å²) in [5.74, 6) is 2.77. The van der Waals surface area contributed by atoms with E-state index in [0.717, 1.165) is 56.3 Å². The minimum Gasteiger partial charge on any atom is -0.481 e. The molecule has 3 fully saturated rings. The number of unbranched alkanes of at least 4 members (excludes halogenated alkanes) is 11. The number of esters is 1. The molecule has 8 atom stereocenters. The first-order valence-corrected chi connectivity index (χ1v) is 19.9. The minimum atomic E-state index is -0.655. The zero-order valence-corrected chi connectivity index (χ0v) is 30.3. The van der Waals surface area contributed by atoms with Gasteiger partial charge in [-0.2, -0.15) is 0 Å². The summed E-state index contributed by atoms with van der Waals surface area (Å²) < 4.78 is 6.08. The molecule has 0 saturated heterocycles. The number of aliphatic carboxylic acids is 1. The Hall–Kier alpha value is -1.58. The van der Waals surface area contributed by atoms with Crippen LogP contribution in [0.5, 0.6) is 0 Å². The predicted molar refractivity (Wildman–Crippen MR) is 191 cm³/mol. The standard InChI is InChI=1S/C42H70O4/c1-5-6-7-8-9-10-11-12-13-14-15-16-17-18-19-20-40(45)46-34-27-29-41(3)33(31-34)22-23-35-37-25-24-36(32(2)21-26-39(43)44)42(37,4)30-28-38(35)41/h12-13,22,32,34-38H,5-11,14-21,23-31H2,1-4H3,(H,43,44)/b13-12-/t32-,34+,35+,36-,37?,38?,41+,42-/m1/s1. The Morgan fingerprint density at radius 1 is 0.870 bits per heavy atom. The van der Waals surface area contributed by atoms with Crippen LogP contribution in [0.15, 0.2) is 23.8 Å². The number of ether oxygens (including phenoxy) is 1. The highest BCUT2D eigenvalue weighted by Crippen LogP contribution is 2.67. The predicted octanol–water partition coefficient (Wildman–Crippen LogP) is 12.0. The van der Waals surface area contributed by atoms with Gasteiger partial charge in [-0.25, -0.2) is 0 Å². The molecule has 0 radical (unpaired) electrons. The fourth-order valence-electron chi connectivity index (χ4n) is 10.8. The van der Waals surface area contributed by atoms with Gasteiger partial charge in [0.15, 0.2) is 0 Å². The van der Waals surface area contributed by atoms with Crippen LogP contribution in [0.3, 0.4) is 0 Å². The maximum absolute atomic E-state index is 12.8. The number of rotatable bonds is 20. The Morgan fingerprint density at radius 3 is 2.24 bits per heavy atom. The summed E-state index contributed by atoms with van der Waals surface area (Å²) >= 11 is 0. The second-order valence-corrected chi connectivity index (χ2v) is 16.6. The lowest BCUT2D eigenvalue weighted by Gasteiger charge is -2.58. The van der Waals surface area contributed by atoms with E-state index in [1.807, 2.05) is 0 Å². The van der Waals surface area contributed by atoms with Crippen molar-refractivity contribution in [3.63, 3.8) is 0 Å². The van der Waals surface area contributed by atoms with Gasteiger partial charge in [-0.3, -0.25) is 9.59 Å². The van der Waals surface area contributed by atoms with Crippen LogP contribution in [0.25, 0.3) is 0 Å². The maximum atomic E-state index is 12.8. The third-order valence-electron chi connectivity index (χ3n) is 13.6. The Labute approximate surface area is 283 Å². The smallest absolute Gasteiger partial charge is 0.306 e. The van der Waals surface area contributed by atoms with Gasteiger partial charge in [0.2, 0.25) is 0 Å². The molecule has 4 heteroatoms. The fraction of sp³-hybridized carbons (Fsp3) is 0.857. The van der Waals surface area contributed by atoms with E-state index in [9.17, 15) is 14.7 Å².